The van der Waals surface area contributed by atoms with Gasteiger partial charge in [0.1, 0.15) is 0 Å². The van der Waals surface area contributed by atoms with Gasteiger partial charge in [0, 0.05) is 6.04 Å². The fraction of sp³-hybridized carbons (Fsp3) is 0.667. The van der Waals surface area contributed by atoms with Gasteiger partial charge in [-0.25, -0.2) is 0 Å². The van der Waals surface area contributed by atoms with Crippen LogP contribution in [0, 0.1) is 0 Å². The molecule has 1 aromatic carbocycles. The molecular formula is C18H29N. The van der Waals surface area contributed by atoms with Gasteiger partial charge in [0.05, 0.1) is 0 Å². The smallest absolute Gasteiger partial charge is 0.0320 e. The Kier molecular flexibility index (Phi) is 4.67. The Labute approximate surface area is 118 Å². The van der Waals surface area contributed by atoms with Crippen molar-refractivity contribution in [2.24, 2.45) is 0 Å². The molecule has 0 heterocycles. The van der Waals surface area contributed by atoms with Crippen molar-refractivity contribution in [1.82, 2.24) is 5.32 Å². The third-order valence-corrected chi connectivity index (χ3v) is 4.52. The van der Waals surface area contributed by atoms with E-state index in [9.17, 15) is 0 Å². The van der Waals surface area contributed by atoms with E-state index in [0.717, 1.165) is 0 Å². The molecule has 0 amide bonds. The van der Waals surface area contributed by atoms with Crippen LogP contribution in [0.3, 0.4) is 0 Å². The molecule has 19 heavy (non-hydrogen) atoms. The summed E-state index contributed by atoms with van der Waals surface area (Å²) in [5.74, 6) is 1.24. The maximum absolute atomic E-state index is 3.53. The molecule has 1 N–H and O–H groups in total. The van der Waals surface area contributed by atoms with Crippen molar-refractivity contribution in [3.05, 3.63) is 34.4 Å². The Hall–Kier alpha value is -0.820. The summed E-state index contributed by atoms with van der Waals surface area (Å²) < 4.78 is 0. The van der Waals surface area contributed by atoms with Crippen molar-refractivity contribution in [3.63, 3.8) is 0 Å². The minimum absolute atomic E-state index is 0.550. The van der Waals surface area contributed by atoms with Crippen molar-refractivity contribution in [1.29, 1.82) is 0 Å². The zero-order chi connectivity index (χ0) is 14.0. The summed E-state index contributed by atoms with van der Waals surface area (Å²) >= 11 is 0. The van der Waals surface area contributed by atoms with E-state index in [0.29, 0.717) is 17.9 Å². The van der Waals surface area contributed by atoms with Crippen LogP contribution in [0.15, 0.2) is 12.1 Å². The van der Waals surface area contributed by atoms with Gasteiger partial charge in [0.2, 0.25) is 0 Å². The predicted molar refractivity (Wildman–Crippen MR) is 84.0 cm³/mol. The van der Waals surface area contributed by atoms with E-state index in [4.69, 9.17) is 0 Å². The quantitative estimate of drug-likeness (QED) is 0.760. The second-order valence-corrected chi connectivity index (χ2v) is 6.57. The van der Waals surface area contributed by atoms with Crippen molar-refractivity contribution in [2.75, 3.05) is 7.05 Å². The van der Waals surface area contributed by atoms with Crippen LogP contribution < -0.4 is 5.32 Å². The second-order valence-electron chi connectivity index (χ2n) is 6.57. The molecule has 0 spiro atoms. The Morgan fingerprint density at radius 3 is 2.37 bits per heavy atom. The highest BCUT2D eigenvalue weighted by Gasteiger charge is 2.22. The molecule has 1 aliphatic rings. The van der Waals surface area contributed by atoms with Gasteiger partial charge in [-0.15, -0.1) is 0 Å². The molecule has 1 unspecified atom stereocenters. The molecule has 1 nitrogen and oxygen atoms in total. The van der Waals surface area contributed by atoms with Gasteiger partial charge in [-0.3, -0.25) is 0 Å². The molecule has 2 rings (SSSR count). The predicted octanol–water partition coefficient (Wildman–Crippen LogP) is 4.92. The number of hydrogen-bond donors (Lipinski definition) is 1. The van der Waals surface area contributed by atoms with Crippen LogP contribution in [0.2, 0.25) is 0 Å². The van der Waals surface area contributed by atoms with Gasteiger partial charge in [-0.1, -0.05) is 46.2 Å². The van der Waals surface area contributed by atoms with Crippen LogP contribution in [0.5, 0.6) is 0 Å². The third-order valence-electron chi connectivity index (χ3n) is 4.52. The maximum Gasteiger partial charge on any atom is 0.0320 e. The summed E-state index contributed by atoms with van der Waals surface area (Å²) in [7, 11) is 2.11. The lowest BCUT2D eigenvalue weighted by Gasteiger charge is -2.23. The average molecular weight is 259 g/mol. The molecule has 0 bridgehead atoms. The molecular weight excluding hydrogens is 230 g/mol. The van der Waals surface area contributed by atoms with Crippen LogP contribution in [-0.4, -0.2) is 7.05 Å². The molecule has 1 aliphatic carbocycles. The van der Waals surface area contributed by atoms with Gasteiger partial charge in [-0.05, 0) is 60.4 Å². The first-order valence-corrected chi connectivity index (χ1v) is 7.88. The first kappa shape index (κ1) is 14.6. The highest BCUT2D eigenvalue weighted by atomic mass is 14.9. The fourth-order valence-corrected chi connectivity index (χ4v) is 3.30. The first-order valence-electron chi connectivity index (χ1n) is 7.88. The largest absolute Gasteiger partial charge is 0.313 e. The monoisotopic (exact) mass is 259 g/mol. The lowest BCUT2D eigenvalue weighted by atomic mass is 9.85. The van der Waals surface area contributed by atoms with E-state index < -0.39 is 0 Å². The summed E-state index contributed by atoms with van der Waals surface area (Å²) in [6.07, 6.45) is 5.22. The first-order chi connectivity index (χ1) is 9.04. The van der Waals surface area contributed by atoms with E-state index in [1.807, 2.05) is 0 Å². The van der Waals surface area contributed by atoms with Crippen LogP contribution in [0.4, 0.5) is 0 Å². The van der Waals surface area contributed by atoms with Gasteiger partial charge in [0.25, 0.3) is 0 Å². The number of benzene rings is 1. The molecule has 1 atom stereocenters. The minimum atomic E-state index is 0.550. The van der Waals surface area contributed by atoms with E-state index in [1.54, 1.807) is 16.7 Å². The molecule has 0 radical (unpaired) electrons. The summed E-state index contributed by atoms with van der Waals surface area (Å²) in [6, 6.07) is 5.48. The third kappa shape index (κ3) is 3.02. The molecule has 0 fully saturated rings. The Balaban J connectivity index is 2.59. The zero-order valence-corrected chi connectivity index (χ0v) is 13.2. The topological polar surface area (TPSA) is 12.0 Å². The van der Waals surface area contributed by atoms with Gasteiger partial charge in [-0.2, -0.15) is 0 Å². The zero-order valence-electron chi connectivity index (χ0n) is 13.2. The van der Waals surface area contributed by atoms with Crippen molar-refractivity contribution >= 4 is 0 Å². The van der Waals surface area contributed by atoms with Gasteiger partial charge >= 0.3 is 0 Å². The van der Waals surface area contributed by atoms with E-state index in [1.165, 1.54) is 31.2 Å². The van der Waals surface area contributed by atoms with Crippen LogP contribution in [0.1, 0.15) is 87.1 Å². The molecule has 0 aliphatic heterocycles. The van der Waals surface area contributed by atoms with Crippen LogP contribution in [-0.2, 0) is 6.42 Å². The summed E-state index contributed by atoms with van der Waals surface area (Å²) in [4.78, 5) is 0. The van der Waals surface area contributed by atoms with Crippen molar-refractivity contribution in [3.8, 4) is 0 Å². The normalized spacial score (nSPS) is 19.6. The fourth-order valence-electron chi connectivity index (χ4n) is 3.30. The number of fused-ring (bicyclic) bond motifs is 1. The Bertz CT molecular complexity index is 432. The summed E-state index contributed by atoms with van der Waals surface area (Å²) in [5.41, 5.74) is 6.30. The number of nitrogens with one attached hydrogen (secondary N) is 1. The molecule has 0 saturated heterocycles. The lowest BCUT2D eigenvalue weighted by Crippen LogP contribution is -2.18. The SMILES string of the molecule is CNC1CCCCc2c(C(C)C)cc(C(C)C)cc21. The average Bonchev–Trinajstić information content (AvgIpc) is 2.58. The van der Waals surface area contributed by atoms with Gasteiger partial charge < -0.3 is 5.32 Å². The van der Waals surface area contributed by atoms with Crippen molar-refractivity contribution < 1.29 is 0 Å². The van der Waals surface area contributed by atoms with Crippen molar-refractivity contribution in [2.45, 2.75) is 71.3 Å². The maximum atomic E-state index is 3.53. The van der Waals surface area contributed by atoms with Crippen LogP contribution in [0.25, 0.3) is 0 Å². The van der Waals surface area contributed by atoms with Gasteiger partial charge in [0.15, 0.2) is 0 Å². The highest BCUT2D eigenvalue weighted by molar-refractivity contribution is 5.44. The van der Waals surface area contributed by atoms with E-state index in [-0.39, 0.29) is 0 Å². The number of rotatable bonds is 3. The van der Waals surface area contributed by atoms with E-state index in [2.05, 4.69) is 52.2 Å². The van der Waals surface area contributed by atoms with Crippen LogP contribution >= 0.6 is 0 Å². The Morgan fingerprint density at radius 2 is 1.79 bits per heavy atom. The summed E-state index contributed by atoms with van der Waals surface area (Å²) in [5, 5.41) is 3.53. The lowest BCUT2D eigenvalue weighted by molar-refractivity contribution is 0.532. The Morgan fingerprint density at radius 1 is 1.05 bits per heavy atom. The highest BCUT2D eigenvalue weighted by Crippen LogP contribution is 2.36. The molecule has 0 saturated carbocycles. The standard InChI is InChI=1S/C18H29N/c1-12(2)14-10-16(13(3)4)15-8-6-7-9-18(19-5)17(15)11-14/h10-13,18-19H,6-9H2,1-5H3. The molecule has 106 valence electrons. The molecule has 1 heteroatoms. The minimum Gasteiger partial charge on any atom is -0.313 e. The number of hydrogen-bond acceptors (Lipinski definition) is 1. The van der Waals surface area contributed by atoms with E-state index >= 15 is 0 Å². The second kappa shape index (κ2) is 6.09. The molecule has 1 aromatic rings. The summed E-state index contributed by atoms with van der Waals surface area (Å²) in [6.45, 7) is 9.27. The molecule has 0 aromatic heterocycles.